The third kappa shape index (κ3) is 12.5. The molecule has 1 rings (SSSR count). The Kier molecular flexibility index (Phi) is 10.2. The molecule has 0 radical (unpaired) electrons. The Bertz CT molecular complexity index is 711. The van der Waals surface area contributed by atoms with Crippen molar-refractivity contribution in [3.05, 3.63) is 35.9 Å². The minimum absolute atomic E-state index is 0.0362. The molecule has 7 nitrogen and oxygen atoms in total. The molecule has 1 aromatic rings. The predicted octanol–water partition coefficient (Wildman–Crippen LogP) is 3.23. The van der Waals surface area contributed by atoms with E-state index in [0.717, 1.165) is 11.8 Å². The van der Waals surface area contributed by atoms with Gasteiger partial charge in [-0.05, 0) is 30.2 Å². The van der Waals surface area contributed by atoms with Gasteiger partial charge in [-0.3, -0.25) is 13.8 Å². The molecule has 0 saturated carbocycles. The molecule has 0 bridgehead atoms. The van der Waals surface area contributed by atoms with Crippen LogP contribution in [0.5, 0.6) is 0 Å². The Morgan fingerprint density at radius 2 is 1.54 bits per heavy atom. The third-order valence-electron chi connectivity index (χ3n) is 3.96. The topological polar surface area (TPSA) is 96.0 Å². The van der Waals surface area contributed by atoms with Crippen LogP contribution in [0.2, 0.25) is 0 Å². The zero-order valence-electron chi connectivity index (χ0n) is 16.8. The molecule has 0 aliphatic carbocycles. The Morgan fingerprint density at radius 3 is 2.11 bits per heavy atom. The lowest BCUT2D eigenvalue weighted by atomic mass is 9.91. The molecule has 0 unspecified atom stereocenters. The molecular weight excluding hydrogens is 384 g/mol. The highest BCUT2D eigenvalue weighted by Crippen LogP contribution is 2.21. The molecule has 0 saturated heterocycles. The Labute approximate surface area is 167 Å². The van der Waals surface area contributed by atoms with Crippen LogP contribution in [0.25, 0.3) is 0 Å². The molecule has 0 fully saturated rings. The molecule has 0 N–H and O–H groups in total. The van der Waals surface area contributed by atoms with Crippen molar-refractivity contribution >= 4 is 22.1 Å². The van der Waals surface area contributed by atoms with Crippen LogP contribution < -0.4 is 0 Å². The number of ether oxygens (including phenoxy) is 2. The SMILES string of the molecule is CC(C)(CCOC(=O)CCCCC(=O)OCc1ccccc1)COS(C)(=O)=O. The van der Waals surface area contributed by atoms with Gasteiger partial charge in [-0.1, -0.05) is 44.2 Å². The summed E-state index contributed by atoms with van der Waals surface area (Å²) in [5.41, 5.74) is 0.510. The summed E-state index contributed by atoms with van der Waals surface area (Å²) in [6.45, 7) is 4.16. The van der Waals surface area contributed by atoms with E-state index in [0.29, 0.717) is 19.3 Å². The summed E-state index contributed by atoms with van der Waals surface area (Å²) >= 11 is 0. The fourth-order valence-electron chi connectivity index (χ4n) is 2.20. The molecule has 1 aromatic carbocycles. The number of benzene rings is 1. The summed E-state index contributed by atoms with van der Waals surface area (Å²) in [5, 5.41) is 0. The van der Waals surface area contributed by atoms with E-state index in [2.05, 4.69) is 0 Å². The molecule has 0 aliphatic heterocycles. The summed E-state index contributed by atoms with van der Waals surface area (Å²) in [6, 6.07) is 9.44. The van der Waals surface area contributed by atoms with Crippen LogP contribution in [0.4, 0.5) is 0 Å². The maximum atomic E-state index is 11.7. The molecule has 158 valence electrons. The van der Waals surface area contributed by atoms with Crippen LogP contribution in [0, 0.1) is 5.41 Å². The summed E-state index contributed by atoms with van der Waals surface area (Å²) in [5.74, 6) is -0.623. The molecule has 8 heteroatoms. The first kappa shape index (κ1) is 24.1. The minimum Gasteiger partial charge on any atom is -0.466 e. The second-order valence-corrected chi connectivity index (χ2v) is 9.10. The first-order valence-electron chi connectivity index (χ1n) is 9.27. The normalized spacial score (nSPS) is 11.8. The van der Waals surface area contributed by atoms with Gasteiger partial charge in [0.2, 0.25) is 0 Å². The van der Waals surface area contributed by atoms with Crippen LogP contribution in [0.3, 0.4) is 0 Å². The van der Waals surface area contributed by atoms with Crippen molar-refractivity contribution in [2.75, 3.05) is 19.5 Å². The van der Waals surface area contributed by atoms with Gasteiger partial charge in [-0.25, -0.2) is 0 Å². The zero-order chi connectivity index (χ0) is 21.0. The summed E-state index contributed by atoms with van der Waals surface area (Å²) in [4.78, 5) is 23.4. The quantitative estimate of drug-likeness (QED) is 0.278. The largest absolute Gasteiger partial charge is 0.466 e. The molecule has 28 heavy (non-hydrogen) atoms. The number of unbranched alkanes of at least 4 members (excludes halogenated alkanes) is 1. The van der Waals surface area contributed by atoms with Crippen molar-refractivity contribution in [1.82, 2.24) is 0 Å². The van der Waals surface area contributed by atoms with Gasteiger partial charge in [0.1, 0.15) is 6.61 Å². The molecule has 0 aliphatic rings. The van der Waals surface area contributed by atoms with E-state index in [-0.39, 0.29) is 44.6 Å². The van der Waals surface area contributed by atoms with Crippen molar-refractivity contribution in [1.29, 1.82) is 0 Å². The summed E-state index contributed by atoms with van der Waals surface area (Å²) in [7, 11) is -3.49. The summed E-state index contributed by atoms with van der Waals surface area (Å²) in [6.07, 6.45) is 3.07. The van der Waals surface area contributed by atoms with E-state index >= 15 is 0 Å². The maximum absolute atomic E-state index is 11.7. The number of carbonyl (C=O) groups is 2. The van der Waals surface area contributed by atoms with Crippen molar-refractivity contribution < 1.29 is 31.7 Å². The van der Waals surface area contributed by atoms with E-state index in [9.17, 15) is 18.0 Å². The van der Waals surface area contributed by atoms with Crippen LogP contribution in [-0.4, -0.2) is 39.8 Å². The van der Waals surface area contributed by atoms with Gasteiger partial charge >= 0.3 is 11.9 Å². The van der Waals surface area contributed by atoms with Crippen molar-refractivity contribution in [2.24, 2.45) is 5.41 Å². The Balaban J connectivity index is 2.09. The predicted molar refractivity (Wildman–Crippen MR) is 105 cm³/mol. The smallest absolute Gasteiger partial charge is 0.306 e. The highest BCUT2D eigenvalue weighted by atomic mass is 32.2. The summed E-state index contributed by atoms with van der Waals surface area (Å²) < 4.78 is 37.2. The van der Waals surface area contributed by atoms with Gasteiger partial charge in [0.05, 0.1) is 19.5 Å². The van der Waals surface area contributed by atoms with Gasteiger partial charge in [0.15, 0.2) is 0 Å². The maximum Gasteiger partial charge on any atom is 0.306 e. The average Bonchev–Trinajstić information content (AvgIpc) is 2.62. The van der Waals surface area contributed by atoms with E-state index in [1.54, 1.807) is 0 Å². The van der Waals surface area contributed by atoms with Crippen molar-refractivity contribution in [2.45, 2.75) is 52.6 Å². The highest BCUT2D eigenvalue weighted by molar-refractivity contribution is 7.85. The van der Waals surface area contributed by atoms with Gasteiger partial charge in [-0.2, -0.15) is 8.42 Å². The lowest BCUT2D eigenvalue weighted by molar-refractivity contribution is -0.147. The van der Waals surface area contributed by atoms with Crippen molar-refractivity contribution in [3.63, 3.8) is 0 Å². The second-order valence-electron chi connectivity index (χ2n) is 7.45. The number of hydrogen-bond donors (Lipinski definition) is 0. The standard InChI is InChI=1S/C20H30O7S/c1-20(2,16-27-28(3,23)24)13-14-25-18(21)11-7-8-12-19(22)26-15-17-9-5-4-6-10-17/h4-6,9-10H,7-8,11-16H2,1-3H3. The molecule has 0 heterocycles. The molecule has 0 atom stereocenters. The van der Waals surface area contributed by atoms with Crippen LogP contribution >= 0.6 is 0 Å². The lowest BCUT2D eigenvalue weighted by Crippen LogP contribution is -2.24. The molecular formula is C20H30O7S. The molecule has 0 amide bonds. The Morgan fingerprint density at radius 1 is 0.964 bits per heavy atom. The van der Waals surface area contributed by atoms with Gasteiger partial charge < -0.3 is 9.47 Å². The van der Waals surface area contributed by atoms with E-state index in [4.69, 9.17) is 13.7 Å². The molecule has 0 aromatic heterocycles. The van der Waals surface area contributed by atoms with Gasteiger partial charge in [-0.15, -0.1) is 0 Å². The van der Waals surface area contributed by atoms with E-state index in [1.165, 1.54) is 0 Å². The average molecular weight is 415 g/mol. The third-order valence-corrected chi connectivity index (χ3v) is 4.51. The van der Waals surface area contributed by atoms with E-state index < -0.39 is 15.5 Å². The Hall–Kier alpha value is -1.93. The monoisotopic (exact) mass is 414 g/mol. The number of carbonyl (C=O) groups excluding carboxylic acids is 2. The highest BCUT2D eigenvalue weighted by Gasteiger charge is 2.21. The zero-order valence-corrected chi connectivity index (χ0v) is 17.6. The number of rotatable bonds is 13. The van der Waals surface area contributed by atoms with Crippen molar-refractivity contribution in [3.8, 4) is 0 Å². The minimum atomic E-state index is -3.49. The van der Waals surface area contributed by atoms with Gasteiger partial charge in [0, 0.05) is 12.8 Å². The fraction of sp³-hybridized carbons (Fsp3) is 0.600. The number of esters is 2. The first-order valence-corrected chi connectivity index (χ1v) is 11.1. The number of hydrogen-bond acceptors (Lipinski definition) is 7. The fourth-order valence-corrected chi connectivity index (χ4v) is 2.73. The van der Waals surface area contributed by atoms with Crippen LogP contribution in [0.1, 0.15) is 51.5 Å². The first-order chi connectivity index (χ1) is 13.1. The van der Waals surface area contributed by atoms with E-state index in [1.807, 2.05) is 44.2 Å². The molecule has 0 spiro atoms. The van der Waals surface area contributed by atoms with Crippen LogP contribution in [0.15, 0.2) is 30.3 Å². The lowest BCUT2D eigenvalue weighted by Gasteiger charge is -2.23. The van der Waals surface area contributed by atoms with Crippen LogP contribution in [-0.2, 0) is 40.0 Å². The van der Waals surface area contributed by atoms with Gasteiger partial charge in [0.25, 0.3) is 10.1 Å². The second kappa shape index (κ2) is 11.8.